The number of benzene rings is 1. The molecule has 29 heavy (non-hydrogen) atoms. The van der Waals surface area contributed by atoms with Gasteiger partial charge in [0.25, 0.3) is 11.8 Å². The van der Waals surface area contributed by atoms with Crippen molar-refractivity contribution in [2.24, 2.45) is 0 Å². The van der Waals surface area contributed by atoms with E-state index in [1.54, 1.807) is 42.7 Å². The molecule has 2 amide bonds. The molecule has 3 aromatic rings. The highest BCUT2D eigenvalue weighted by molar-refractivity contribution is 6.05. The van der Waals surface area contributed by atoms with Crippen molar-refractivity contribution in [3.05, 3.63) is 66.4 Å². The van der Waals surface area contributed by atoms with E-state index in [9.17, 15) is 9.59 Å². The van der Waals surface area contributed by atoms with Crippen molar-refractivity contribution < 1.29 is 14.3 Å². The number of carbonyl (C=O) groups excluding carboxylic acids is 2. The van der Waals surface area contributed by atoms with Crippen LogP contribution in [0.2, 0.25) is 0 Å². The molecular formula is C21H21N5O3. The summed E-state index contributed by atoms with van der Waals surface area (Å²) in [5, 5.41) is 5.62. The summed E-state index contributed by atoms with van der Waals surface area (Å²) in [6.07, 6.45) is 6.30. The van der Waals surface area contributed by atoms with Crippen LogP contribution >= 0.6 is 0 Å². The first-order chi connectivity index (χ1) is 14.1. The third-order valence-electron chi connectivity index (χ3n) is 4.69. The molecule has 0 saturated carbocycles. The van der Waals surface area contributed by atoms with E-state index in [2.05, 4.69) is 20.6 Å². The zero-order valence-corrected chi connectivity index (χ0v) is 16.0. The van der Waals surface area contributed by atoms with Gasteiger partial charge in [0.2, 0.25) is 0 Å². The van der Waals surface area contributed by atoms with E-state index < -0.39 is 6.10 Å². The van der Waals surface area contributed by atoms with Crippen molar-refractivity contribution in [2.45, 2.75) is 25.9 Å². The molecule has 1 fully saturated rings. The smallest absolute Gasteiger partial charge is 0.255 e. The number of rotatable bonds is 5. The molecule has 8 heteroatoms. The van der Waals surface area contributed by atoms with Gasteiger partial charge in [0.15, 0.2) is 0 Å². The molecule has 1 aromatic carbocycles. The van der Waals surface area contributed by atoms with Gasteiger partial charge < -0.3 is 15.4 Å². The summed E-state index contributed by atoms with van der Waals surface area (Å²) in [6, 6.07) is 10.4. The fourth-order valence-corrected chi connectivity index (χ4v) is 3.17. The number of nitrogens with zero attached hydrogens (tertiary/aromatic N) is 3. The Morgan fingerprint density at radius 1 is 1.14 bits per heavy atom. The lowest BCUT2D eigenvalue weighted by molar-refractivity contribution is -0.124. The van der Waals surface area contributed by atoms with Gasteiger partial charge in [0.1, 0.15) is 17.7 Å². The van der Waals surface area contributed by atoms with Crippen molar-refractivity contribution in [2.75, 3.05) is 17.2 Å². The van der Waals surface area contributed by atoms with Gasteiger partial charge in [-0.3, -0.25) is 14.2 Å². The number of aromatic nitrogens is 3. The van der Waals surface area contributed by atoms with Gasteiger partial charge in [-0.1, -0.05) is 6.07 Å². The quantitative estimate of drug-likeness (QED) is 0.697. The van der Waals surface area contributed by atoms with Crippen LogP contribution in [0.5, 0.6) is 0 Å². The molecule has 1 aliphatic heterocycles. The third-order valence-corrected chi connectivity index (χ3v) is 4.69. The lowest BCUT2D eigenvalue weighted by atomic mass is 10.1. The molecule has 2 aromatic heterocycles. The molecule has 1 saturated heterocycles. The highest BCUT2D eigenvalue weighted by atomic mass is 16.5. The number of anilines is 2. The highest BCUT2D eigenvalue weighted by Gasteiger charge is 2.23. The van der Waals surface area contributed by atoms with E-state index in [0.29, 0.717) is 30.0 Å². The third kappa shape index (κ3) is 4.33. The molecule has 148 valence electrons. The van der Waals surface area contributed by atoms with Crippen molar-refractivity contribution in [1.29, 1.82) is 0 Å². The number of nitrogens with one attached hydrogen (secondary N) is 2. The van der Waals surface area contributed by atoms with Crippen molar-refractivity contribution >= 4 is 23.2 Å². The van der Waals surface area contributed by atoms with Gasteiger partial charge in [-0.05, 0) is 50.1 Å². The number of carbonyl (C=O) groups is 2. The molecule has 2 N–H and O–H groups in total. The number of imidazole rings is 1. The Morgan fingerprint density at radius 3 is 2.72 bits per heavy atom. The number of ether oxygens (including phenoxy) is 1. The van der Waals surface area contributed by atoms with Crippen LogP contribution in [0.4, 0.5) is 11.4 Å². The second-order valence-corrected chi connectivity index (χ2v) is 6.78. The topological polar surface area (TPSA) is 98.1 Å². The summed E-state index contributed by atoms with van der Waals surface area (Å²) in [6.45, 7) is 2.50. The van der Waals surface area contributed by atoms with Gasteiger partial charge >= 0.3 is 0 Å². The SMILES string of the molecule is Cc1nccn1-c1ccc(NC(=O)c2cccc(NC(=O)C3CCCO3)c2)cn1. The van der Waals surface area contributed by atoms with Crippen LogP contribution in [0.25, 0.3) is 5.82 Å². The zero-order valence-electron chi connectivity index (χ0n) is 16.0. The molecule has 1 atom stereocenters. The van der Waals surface area contributed by atoms with Gasteiger partial charge in [-0.2, -0.15) is 0 Å². The van der Waals surface area contributed by atoms with Crippen LogP contribution < -0.4 is 10.6 Å². The second kappa shape index (κ2) is 8.24. The Bertz CT molecular complexity index is 1020. The van der Waals surface area contributed by atoms with Crippen LogP contribution in [0, 0.1) is 6.92 Å². The summed E-state index contributed by atoms with van der Waals surface area (Å²) in [5.74, 6) is 1.08. The number of aryl methyl sites for hydroxylation is 1. The van der Waals surface area contributed by atoms with E-state index in [0.717, 1.165) is 18.1 Å². The van der Waals surface area contributed by atoms with Gasteiger partial charge in [0, 0.05) is 30.3 Å². The summed E-state index contributed by atoms with van der Waals surface area (Å²) in [4.78, 5) is 33.3. The maximum atomic E-state index is 12.6. The summed E-state index contributed by atoms with van der Waals surface area (Å²) in [7, 11) is 0. The predicted octanol–water partition coefficient (Wildman–Crippen LogP) is 2.95. The first-order valence-electron chi connectivity index (χ1n) is 9.40. The molecule has 0 bridgehead atoms. The predicted molar refractivity (Wildman–Crippen MR) is 108 cm³/mol. The number of hydrogen-bond acceptors (Lipinski definition) is 5. The fourth-order valence-electron chi connectivity index (χ4n) is 3.17. The molecular weight excluding hydrogens is 370 g/mol. The maximum Gasteiger partial charge on any atom is 0.255 e. The first kappa shape index (κ1) is 18.8. The van der Waals surface area contributed by atoms with Gasteiger partial charge in [-0.25, -0.2) is 9.97 Å². The average molecular weight is 391 g/mol. The highest BCUT2D eigenvalue weighted by Crippen LogP contribution is 2.18. The Morgan fingerprint density at radius 2 is 2.03 bits per heavy atom. The Kier molecular flexibility index (Phi) is 5.35. The van der Waals surface area contributed by atoms with Crippen LogP contribution in [0.3, 0.4) is 0 Å². The Balaban J connectivity index is 1.42. The number of hydrogen-bond donors (Lipinski definition) is 2. The zero-order chi connectivity index (χ0) is 20.2. The lowest BCUT2D eigenvalue weighted by Gasteiger charge is -2.11. The summed E-state index contributed by atoms with van der Waals surface area (Å²) >= 11 is 0. The standard InChI is InChI=1S/C21H21N5O3/c1-14-22-9-10-26(14)19-8-7-17(13-23-19)25-20(27)15-4-2-5-16(12-15)24-21(28)18-6-3-11-29-18/h2,4-5,7-10,12-13,18H,3,6,11H2,1H3,(H,24,28)(H,25,27). The monoisotopic (exact) mass is 391 g/mol. The van der Waals surface area contributed by atoms with E-state index in [4.69, 9.17) is 4.74 Å². The van der Waals surface area contributed by atoms with Crippen LogP contribution in [-0.4, -0.2) is 39.1 Å². The molecule has 0 radical (unpaired) electrons. The molecule has 3 heterocycles. The Hall–Kier alpha value is -3.52. The lowest BCUT2D eigenvalue weighted by Crippen LogP contribution is -2.27. The summed E-state index contributed by atoms with van der Waals surface area (Å²) in [5.41, 5.74) is 1.57. The van der Waals surface area contributed by atoms with Crippen molar-refractivity contribution in [3.8, 4) is 5.82 Å². The fraction of sp³-hybridized carbons (Fsp3) is 0.238. The number of amides is 2. The molecule has 1 unspecified atom stereocenters. The van der Waals surface area contributed by atoms with E-state index in [-0.39, 0.29) is 11.8 Å². The van der Waals surface area contributed by atoms with Crippen LogP contribution in [0.1, 0.15) is 29.0 Å². The largest absolute Gasteiger partial charge is 0.368 e. The molecule has 0 aliphatic carbocycles. The first-order valence-corrected chi connectivity index (χ1v) is 9.40. The normalized spacial score (nSPS) is 15.8. The van der Waals surface area contributed by atoms with Gasteiger partial charge in [-0.15, -0.1) is 0 Å². The minimum Gasteiger partial charge on any atom is -0.368 e. The minimum absolute atomic E-state index is 0.186. The van der Waals surface area contributed by atoms with Crippen molar-refractivity contribution in [1.82, 2.24) is 14.5 Å². The second-order valence-electron chi connectivity index (χ2n) is 6.78. The van der Waals surface area contributed by atoms with E-state index in [1.807, 2.05) is 23.8 Å². The minimum atomic E-state index is -0.420. The molecule has 4 rings (SSSR count). The maximum absolute atomic E-state index is 12.6. The van der Waals surface area contributed by atoms with E-state index >= 15 is 0 Å². The van der Waals surface area contributed by atoms with Crippen LogP contribution in [-0.2, 0) is 9.53 Å². The van der Waals surface area contributed by atoms with E-state index in [1.165, 1.54) is 0 Å². The Labute approximate surface area is 167 Å². The van der Waals surface area contributed by atoms with Crippen molar-refractivity contribution in [3.63, 3.8) is 0 Å². The van der Waals surface area contributed by atoms with Gasteiger partial charge in [0.05, 0.1) is 11.9 Å². The average Bonchev–Trinajstić information content (AvgIpc) is 3.41. The molecule has 8 nitrogen and oxygen atoms in total. The summed E-state index contributed by atoms with van der Waals surface area (Å²) < 4.78 is 7.24. The van der Waals surface area contributed by atoms with Crippen LogP contribution in [0.15, 0.2) is 55.0 Å². The molecule has 0 spiro atoms. The number of pyridine rings is 1. The molecule has 1 aliphatic rings.